The predicted octanol–water partition coefficient (Wildman–Crippen LogP) is 8.48. The van der Waals surface area contributed by atoms with Crippen molar-refractivity contribution in [2.75, 3.05) is 7.05 Å². The van der Waals surface area contributed by atoms with E-state index in [1.807, 2.05) is 13.2 Å². The molecule has 0 fully saturated rings. The molecule has 0 bridgehead atoms. The van der Waals surface area contributed by atoms with Crippen LogP contribution in [0.3, 0.4) is 0 Å². The lowest BCUT2D eigenvalue weighted by Crippen LogP contribution is -2.11. The molecule has 0 spiro atoms. The van der Waals surface area contributed by atoms with Crippen LogP contribution in [0.15, 0.2) is 85.1 Å². The van der Waals surface area contributed by atoms with Gasteiger partial charge in [0.15, 0.2) is 0 Å². The van der Waals surface area contributed by atoms with Gasteiger partial charge < -0.3 is 5.32 Å². The van der Waals surface area contributed by atoms with Crippen molar-refractivity contribution < 1.29 is 0 Å². The van der Waals surface area contributed by atoms with Crippen LogP contribution in [0.1, 0.15) is 45.2 Å². The molecular weight excluding hydrogens is 412 g/mol. The Morgan fingerprint density at radius 3 is 2.15 bits per heavy atom. The van der Waals surface area contributed by atoms with Gasteiger partial charge in [0.2, 0.25) is 0 Å². The number of aromatic nitrogens is 1. The van der Waals surface area contributed by atoms with Gasteiger partial charge in [-0.2, -0.15) is 0 Å². The molecule has 4 aromatic carbocycles. The van der Waals surface area contributed by atoms with E-state index >= 15 is 0 Å². The average Bonchev–Trinajstić information content (AvgIpc) is 2.85. The highest BCUT2D eigenvalue weighted by Crippen LogP contribution is 2.36. The largest absolute Gasteiger partial charge is 0.388 e. The van der Waals surface area contributed by atoms with E-state index in [2.05, 4.69) is 112 Å². The van der Waals surface area contributed by atoms with Crippen molar-refractivity contribution in [3.8, 4) is 11.3 Å². The van der Waals surface area contributed by atoms with E-state index in [1.165, 1.54) is 49.1 Å². The number of benzene rings is 4. The molecule has 0 unspecified atom stereocenters. The monoisotopic (exact) mass is 444 g/mol. The molecule has 0 radical (unpaired) electrons. The molecule has 1 heterocycles. The number of rotatable bonds is 4. The van der Waals surface area contributed by atoms with E-state index in [0.29, 0.717) is 0 Å². The Morgan fingerprint density at radius 2 is 1.47 bits per heavy atom. The molecule has 0 saturated carbocycles. The second-order valence-electron chi connectivity index (χ2n) is 10.1. The highest BCUT2D eigenvalue weighted by atomic mass is 14.8. The van der Waals surface area contributed by atoms with Crippen LogP contribution in [-0.2, 0) is 5.41 Å². The number of pyridine rings is 1. The molecule has 1 N–H and O–H groups in total. The van der Waals surface area contributed by atoms with Crippen molar-refractivity contribution in [2.45, 2.75) is 39.5 Å². The maximum absolute atomic E-state index is 4.73. The van der Waals surface area contributed by atoms with Crippen molar-refractivity contribution in [2.24, 2.45) is 0 Å². The number of hydrogen-bond donors (Lipinski definition) is 1. The molecule has 2 nitrogen and oxygen atoms in total. The Hall–Kier alpha value is -3.65. The van der Waals surface area contributed by atoms with E-state index in [4.69, 9.17) is 4.98 Å². The zero-order valence-electron chi connectivity index (χ0n) is 20.7. The summed E-state index contributed by atoms with van der Waals surface area (Å²) in [5.41, 5.74) is 5.96. The first kappa shape index (κ1) is 22.2. The Morgan fingerprint density at radius 1 is 0.824 bits per heavy atom. The summed E-state index contributed by atoms with van der Waals surface area (Å²) < 4.78 is 0. The fourth-order valence-corrected chi connectivity index (χ4v) is 4.82. The maximum atomic E-state index is 4.73. The number of nitrogens with one attached hydrogen (secondary N) is 1. The SMILES string of the molecule is CC/C=C(\NC)c1ccc2ccc3ccc4ccc(-c5cc(C(C)(C)C)ccn5)cc4c3c2c1. The molecule has 2 heteroatoms. The fourth-order valence-electron chi connectivity index (χ4n) is 4.82. The minimum absolute atomic E-state index is 0.0882. The first-order valence-electron chi connectivity index (χ1n) is 12.1. The topological polar surface area (TPSA) is 24.9 Å². The van der Waals surface area contributed by atoms with Crippen molar-refractivity contribution in [3.63, 3.8) is 0 Å². The summed E-state index contributed by atoms with van der Waals surface area (Å²) in [6, 6.07) is 26.8. The van der Waals surface area contributed by atoms with Crippen LogP contribution in [0.25, 0.3) is 49.3 Å². The number of nitrogens with zero attached hydrogens (tertiary/aromatic N) is 1. The van der Waals surface area contributed by atoms with Gasteiger partial charge in [-0.3, -0.25) is 4.98 Å². The molecule has 5 aromatic rings. The van der Waals surface area contributed by atoms with Gasteiger partial charge in [-0.05, 0) is 79.5 Å². The summed E-state index contributed by atoms with van der Waals surface area (Å²) in [6.07, 6.45) is 5.18. The van der Waals surface area contributed by atoms with Crippen LogP contribution in [0.4, 0.5) is 0 Å². The first-order valence-corrected chi connectivity index (χ1v) is 12.1. The molecule has 5 rings (SSSR count). The minimum atomic E-state index is 0.0882. The molecule has 0 aliphatic rings. The zero-order chi connectivity index (χ0) is 23.9. The molecule has 0 aliphatic heterocycles. The predicted molar refractivity (Wildman–Crippen MR) is 148 cm³/mol. The summed E-state index contributed by atoms with van der Waals surface area (Å²) in [5, 5.41) is 11.0. The second kappa shape index (κ2) is 8.61. The first-order chi connectivity index (χ1) is 16.4. The van der Waals surface area contributed by atoms with E-state index in [9.17, 15) is 0 Å². The van der Waals surface area contributed by atoms with Crippen molar-refractivity contribution in [1.29, 1.82) is 0 Å². The van der Waals surface area contributed by atoms with Gasteiger partial charge >= 0.3 is 0 Å². The molecule has 0 saturated heterocycles. The second-order valence-corrected chi connectivity index (χ2v) is 10.1. The van der Waals surface area contributed by atoms with Gasteiger partial charge in [0, 0.05) is 24.5 Å². The highest BCUT2D eigenvalue weighted by molar-refractivity contribution is 6.21. The van der Waals surface area contributed by atoms with Gasteiger partial charge in [0.1, 0.15) is 0 Å². The summed E-state index contributed by atoms with van der Waals surface area (Å²) in [5.74, 6) is 0. The van der Waals surface area contributed by atoms with E-state index in [0.717, 1.165) is 17.7 Å². The van der Waals surface area contributed by atoms with Crippen LogP contribution < -0.4 is 5.32 Å². The lowest BCUT2D eigenvalue weighted by molar-refractivity contribution is 0.589. The molecule has 34 heavy (non-hydrogen) atoms. The van der Waals surface area contributed by atoms with Crippen LogP contribution in [0.5, 0.6) is 0 Å². The average molecular weight is 445 g/mol. The third-order valence-corrected chi connectivity index (χ3v) is 6.73. The lowest BCUT2D eigenvalue weighted by Gasteiger charge is -2.19. The fraction of sp³-hybridized carbons (Fsp3) is 0.219. The van der Waals surface area contributed by atoms with E-state index < -0.39 is 0 Å². The van der Waals surface area contributed by atoms with Gasteiger partial charge in [0.25, 0.3) is 0 Å². The zero-order valence-corrected chi connectivity index (χ0v) is 20.7. The van der Waals surface area contributed by atoms with E-state index in [1.54, 1.807) is 0 Å². The summed E-state index contributed by atoms with van der Waals surface area (Å²) in [7, 11) is 2.00. The van der Waals surface area contributed by atoms with Crippen LogP contribution in [-0.4, -0.2) is 12.0 Å². The highest BCUT2D eigenvalue weighted by Gasteiger charge is 2.15. The van der Waals surface area contributed by atoms with Crippen molar-refractivity contribution in [1.82, 2.24) is 10.3 Å². The number of fused-ring (bicyclic) bond motifs is 5. The molecular formula is C32H32N2. The Kier molecular flexibility index (Phi) is 5.61. The molecule has 170 valence electrons. The smallest absolute Gasteiger partial charge is 0.0705 e. The van der Waals surface area contributed by atoms with Crippen LogP contribution in [0, 0.1) is 0 Å². The molecule has 0 atom stereocenters. The molecule has 0 aliphatic carbocycles. The van der Waals surface area contributed by atoms with E-state index in [-0.39, 0.29) is 5.41 Å². The lowest BCUT2D eigenvalue weighted by atomic mass is 9.86. The third-order valence-electron chi connectivity index (χ3n) is 6.73. The third kappa shape index (κ3) is 3.94. The number of hydrogen-bond acceptors (Lipinski definition) is 2. The normalized spacial score (nSPS) is 12.6. The summed E-state index contributed by atoms with van der Waals surface area (Å²) in [6.45, 7) is 8.91. The molecule has 1 aromatic heterocycles. The van der Waals surface area contributed by atoms with Gasteiger partial charge in [0.05, 0.1) is 5.69 Å². The Labute approximate surface area is 202 Å². The van der Waals surface area contributed by atoms with Gasteiger partial charge in [-0.15, -0.1) is 0 Å². The van der Waals surface area contributed by atoms with Gasteiger partial charge in [-0.25, -0.2) is 0 Å². The summed E-state index contributed by atoms with van der Waals surface area (Å²) >= 11 is 0. The van der Waals surface area contributed by atoms with Gasteiger partial charge in [-0.1, -0.05) is 82.3 Å². The standard InChI is InChI=1S/C32H32N2/c1-6-7-29(33-5)24-14-10-21-8-12-23-13-9-22-11-15-25(19-28(22)31(23)27(21)18-24)30-20-26(16-17-34-30)32(2,3)4/h7-20,33H,6H2,1-5H3/b29-7-. The number of allylic oxidation sites excluding steroid dienone is 1. The summed E-state index contributed by atoms with van der Waals surface area (Å²) in [4.78, 5) is 4.73. The van der Waals surface area contributed by atoms with Crippen LogP contribution in [0.2, 0.25) is 0 Å². The van der Waals surface area contributed by atoms with Crippen molar-refractivity contribution in [3.05, 3.63) is 96.2 Å². The maximum Gasteiger partial charge on any atom is 0.0705 e. The Bertz CT molecular complexity index is 1550. The molecule has 0 amide bonds. The Balaban J connectivity index is 1.79. The van der Waals surface area contributed by atoms with Crippen molar-refractivity contribution >= 4 is 38.0 Å². The van der Waals surface area contributed by atoms with Crippen LogP contribution >= 0.6 is 0 Å². The minimum Gasteiger partial charge on any atom is -0.388 e. The quantitative estimate of drug-likeness (QED) is 0.281.